The summed E-state index contributed by atoms with van der Waals surface area (Å²) in [5, 5.41) is 3.15. The lowest BCUT2D eigenvalue weighted by atomic mass is 10.1. The number of rotatable bonds is 5. The molecule has 1 aromatic rings. The van der Waals surface area contributed by atoms with E-state index >= 15 is 0 Å². The second kappa shape index (κ2) is 6.55. The molecule has 0 bridgehead atoms. The first-order chi connectivity index (χ1) is 9.94. The Morgan fingerprint density at radius 3 is 2.86 bits per heavy atom. The van der Waals surface area contributed by atoms with E-state index in [2.05, 4.69) is 10.1 Å². The monoisotopic (exact) mass is 312 g/mol. The van der Waals surface area contributed by atoms with Gasteiger partial charge in [-0.2, -0.15) is 0 Å². The van der Waals surface area contributed by atoms with Gasteiger partial charge in [-0.15, -0.1) is 0 Å². The summed E-state index contributed by atoms with van der Waals surface area (Å²) >= 11 is 0. The van der Waals surface area contributed by atoms with Gasteiger partial charge in [-0.05, 0) is 30.7 Å². The summed E-state index contributed by atoms with van der Waals surface area (Å²) in [6.45, 7) is 1.51. The molecule has 1 heterocycles. The van der Waals surface area contributed by atoms with Crippen LogP contribution in [0.4, 0.5) is 0 Å². The summed E-state index contributed by atoms with van der Waals surface area (Å²) in [5.41, 5.74) is 0.936. The number of hydrogen-bond acceptors (Lipinski definition) is 5. The summed E-state index contributed by atoms with van der Waals surface area (Å²) in [6.07, 6.45) is 0.817. The van der Waals surface area contributed by atoms with Crippen LogP contribution in [0.2, 0.25) is 0 Å². The average molecular weight is 312 g/mol. The summed E-state index contributed by atoms with van der Waals surface area (Å²) in [4.78, 5) is 11.5. The van der Waals surface area contributed by atoms with Gasteiger partial charge in [0.25, 0.3) is 0 Å². The van der Waals surface area contributed by atoms with Gasteiger partial charge in [-0.1, -0.05) is 12.1 Å². The van der Waals surface area contributed by atoms with Gasteiger partial charge in [-0.3, -0.25) is 0 Å². The van der Waals surface area contributed by atoms with E-state index in [4.69, 9.17) is 0 Å². The lowest BCUT2D eigenvalue weighted by molar-refractivity contribution is 0.0600. The molecular weight excluding hydrogens is 292 g/mol. The molecule has 1 N–H and O–H groups in total. The number of hydrogen-bond donors (Lipinski definition) is 1. The molecule has 0 amide bonds. The molecule has 1 saturated heterocycles. The smallest absolute Gasteiger partial charge is 0.337 e. The van der Waals surface area contributed by atoms with Crippen molar-refractivity contribution >= 4 is 16.0 Å². The number of carbonyl (C=O) groups excluding carboxylic acids is 1. The normalized spacial score (nSPS) is 18.9. The topological polar surface area (TPSA) is 75.7 Å². The third-order valence-electron chi connectivity index (χ3n) is 3.68. The van der Waals surface area contributed by atoms with Crippen molar-refractivity contribution in [3.05, 3.63) is 35.4 Å². The molecular formula is C14H20N2O4S. The quantitative estimate of drug-likeness (QED) is 0.806. The van der Waals surface area contributed by atoms with E-state index in [0.29, 0.717) is 17.7 Å². The molecule has 6 nitrogen and oxygen atoms in total. The Balaban J connectivity index is 2.14. The summed E-state index contributed by atoms with van der Waals surface area (Å²) in [7, 11) is -0.498. The molecule has 21 heavy (non-hydrogen) atoms. The first-order valence-corrected chi connectivity index (χ1v) is 8.38. The lowest BCUT2D eigenvalue weighted by Gasteiger charge is -2.23. The molecule has 116 valence electrons. The predicted molar refractivity (Wildman–Crippen MR) is 79.4 cm³/mol. The molecule has 7 heteroatoms. The second-order valence-electron chi connectivity index (χ2n) is 5.11. The highest BCUT2D eigenvalue weighted by Crippen LogP contribution is 2.16. The predicted octanol–water partition coefficient (Wildman–Crippen LogP) is 0.597. The molecule has 1 aliphatic heterocycles. The van der Waals surface area contributed by atoms with Crippen LogP contribution < -0.4 is 5.32 Å². The molecule has 2 rings (SSSR count). The molecule has 1 aromatic carbocycles. The first-order valence-electron chi connectivity index (χ1n) is 6.78. The van der Waals surface area contributed by atoms with Gasteiger partial charge in [0.1, 0.15) is 0 Å². The number of esters is 1. The Morgan fingerprint density at radius 2 is 2.24 bits per heavy atom. The third kappa shape index (κ3) is 3.81. The molecule has 1 aliphatic rings. The Kier molecular flexibility index (Phi) is 4.97. The van der Waals surface area contributed by atoms with Crippen LogP contribution in [-0.4, -0.2) is 52.0 Å². The summed E-state index contributed by atoms with van der Waals surface area (Å²) in [5.74, 6) is -0.590. The van der Waals surface area contributed by atoms with Gasteiger partial charge in [0.2, 0.25) is 10.0 Å². The fraction of sp³-hybridized carbons (Fsp3) is 0.500. The minimum Gasteiger partial charge on any atom is -0.465 e. The fourth-order valence-electron chi connectivity index (χ4n) is 2.40. The van der Waals surface area contributed by atoms with E-state index in [9.17, 15) is 13.2 Å². The zero-order valence-electron chi connectivity index (χ0n) is 12.2. The van der Waals surface area contributed by atoms with E-state index in [1.165, 1.54) is 11.4 Å². The SMILES string of the molecule is COC(=O)c1cccc(CS(=O)(=O)N(C)C2CCNC2)c1. The van der Waals surface area contributed by atoms with Gasteiger partial charge >= 0.3 is 5.97 Å². The van der Waals surface area contributed by atoms with Crippen LogP contribution in [0.25, 0.3) is 0 Å². The number of likely N-dealkylation sites (N-methyl/N-ethyl adjacent to an activating group) is 1. The third-order valence-corrected chi connectivity index (χ3v) is 5.56. The van der Waals surface area contributed by atoms with Crippen molar-refractivity contribution in [2.45, 2.75) is 18.2 Å². The van der Waals surface area contributed by atoms with E-state index < -0.39 is 16.0 Å². The van der Waals surface area contributed by atoms with Gasteiger partial charge in [-0.25, -0.2) is 17.5 Å². The van der Waals surface area contributed by atoms with Crippen LogP contribution in [-0.2, 0) is 20.5 Å². The lowest BCUT2D eigenvalue weighted by Crippen LogP contribution is -2.39. The maximum absolute atomic E-state index is 12.4. The van der Waals surface area contributed by atoms with Crippen LogP contribution >= 0.6 is 0 Å². The zero-order valence-corrected chi connectivity index (χ0v) is 13.0. The van der Waals surface area contributed by atoms with Crippen LogP contribution in [0.1, 0.15) is 22.3 Å². The van der Waals surface area contributed by atoms with Gasteiger partial charge in [0.15, 0.2) is 0 Å². The van der Waals surface area contributed by atoms with Crippen molar-refractivity contribution < 1.29 is 17.9 Å². The fourth-order valence-corrected chi connectivity index (χ4v) is 3.83. The molecule has 0 aromatic heterocycles. The molecule has 0 saturated carbocycles. The first kappa shape index (κ1) is 15.9. The van der Waals surface area contributed by atoms with Crippen LogP contribution in [0, 0.1) is 0 Å². The molecule has 0 aliphatic carbocycles. The maximum atomic E-state index is 12.4. The number of nitrogens with one attached hydrogen (secondary N) is 1. The maximum Gasteiger partial charge on any atom is 0.337 e. The minimum atomic E-state index is -3.40. The number of methoxy groups -OCH3 is 1. The number of nitrogens with zero attached hydrogens (tertiary/aromatic N) is 1. The van der Waals surface area contributed by atoms with E-state index in [-0.39, 0.29) is 11.8 Å². The highest BCUT2D eigenvalue weighted by molar-refractivity contribution is 7.88. The van der Waals surface area contributed by atoms with Gasteiger partial charge in [0, 0.05) is 19.6 Å². The minimum absolute atomic E-state index is 0.00112. The van der Waals surface area contributed by atoms with Crippen molar-refractivity contribution in [2.24, 2.45) is 0 Å². The highest BCUT2D eigenvalue weighted by Gasteiger charge is 2.28. The molecule has 1 unspecified atom stereocenters. The average Bonchev–Trinajstić information content (AvgIpc) is 2.99. The largest absolute Gasteiger partial charge is 0.465 e. The Labute approximate surface area is 125 Å². The highest BCUT2D eigenvalue weighted by atomic mass is 32.2. The van der Waals surface area contributed by atoms with E-state index in [1.54, 1.807) is 31.3 Å². The number of carbonyl (C=O) groups is 1. The van der Waals surface area contributed by atoms with E-state index in [1.807, 2.05) is 0 Å². The van der Waals surface area contributed by atoms with Crippen molar-refractivity contribution in [2.75, 3.05) is 27.2 Å². The van der Waals surface area contributed by atoms with Crippen molar-refractivity contribution in [3.63, 3.8) is 0 Å². The van der Waals surface area contributed by atoms with Gasteiger partial charge < -0.3 is 10.1 Å². The van der Waals surface area contributed by atoms with E-state index in [0.717, 1.165) is 13.0 Å². The second-order valence-corrected chi connectivity index (χ2v) is 7.14. The van der Waals surface area contributed by atoms with Crippen LogP contribution in [0.3, 0.4) is 0 Å². The zero-order chi connectivity index (χ0) is 15.5. The molecule has 0 spiro atoms. The van der Waals surface area contributed by atoms with Crippen LogP contribution in [0.5, 0.6) is 0 Å². The standard InChI is InChI=1S/C14H20N2O4S/c1-16(13-6-7-15-9-13)21(18,19)10-11-4-3-5-12(8-11)14(17)20-2/h3-5,8,13,15H,6-7,9-10H2,1-2H3. The number of ether oxygens (including phenoxy) is 1. The van der Waals surface area contributed by atoms with Crippen molar-refractivity contribution in [3.8, 4) is 0 Å². The molecule has 0 radical (unpaired) electrons. The molecule has 1 fully saturated rings. The summed E-state index contributed by atoms with van der Waals surface area (Å²) < 4.78 is 30.9. The van der Waals surface area contributed by atoms with Crippen molar-refractivity contribution in [1.29, 1.82) is 0 Å². The number of sulfonamides is 1. The van der Waals surface area contributed by atoms with Crippen molar-refractivity contribution in [1.82, 2.24) is 9.62 Å². The Morgan fingerprint density at radius 1 is 1.48 bits per heavy atom. The Hall–Kier alpha value is -1.44. The van der Waals surface area contributed by atoms with Gasteiger partial charge in [0.05, 0.1) is 18.4 Å². The van der Waals surface area contributed by atoms with Crippen LogP contribution in [0.15, 0.2) is 24.3 Å². The Bertz CT molecular complexity index is 609. The molecule has 1 atom stereocenters. The summed E-state index contributed by atoms with van der Waals surface area (Å²) in [6, 6.07) is 6.52. The number of benzene rings is 1.